The lowest BCUT2D eigenvalue weighted by molar-refractivity contribution is -0.147. The van der Waals surface area contributed by atoms with E-state index in [-0.39, 0.29) is 24.2 Å². The van der Waals surface area contributed by atoms with Gasteiger partial charge in [0.25, 0.3) is 11.8 Å². The minimum absolute atomic E-state index is 0.0570. The highest BCUT2D eigenvalue weighted by Gasteiger charge is 2.40. The Morgan fingerprint density at radius 3 is 1.32 bits per heavy atom. The molecule has 0 spiro atoms. The topological polar surface area (TPSA) is 137 Å². The summed E-state index contributed by atoms with van der Waals surface area (Å²) in [5, 5.41) is 5.12. The second-order valence-corrected chi connectivity index (χ2v) is 7.98. The number of furan rings is 2. The molecular formula is C28H24N2O8. The second kappa shape index (κ2) is 12.7. The third-order valence-electron chi connectivity index (χ3n) is 5.31. The van der Waals surface area contributed by atoms with Crippen molar-refractivity contribution in [3.63, 3.8) is 0 Å². The first-order valence-corrected chi connectivity index (χ1v) is 11.6. The fraction of sp³-hybridized carbons (Fsp3) is 0.143. The van der Waals surface area contributed by atoms with Crippen molar-refractivity contribution in [3.05, 3.63) is 120 Å². The van der Waals surface area contributed by atoms with Crippen molar-refractivity contribution >= 4 is 23.8 Å². The molecule has 0 aliphatic carbocycles. The van der Waals surface area contributed by atoms with Crippen LogP contribution < -0.4 is 10.6 Å². The Bertz CT molecular complexity index is 1230. The summed E-state index contributed by atoms with van der Waals surface area (Å²) in [4.78, 5) is 52.4. The maximum Gasteiger partial charge on any atom is 0.339 e. The normalized spacial score (nSPS) is 12.1. The molecule has 2 amide bonds. The molecule has 10 nitrogen and oxygen atoms in total. The van der Waals surface area contributed by atoms with Crippen LogP contribution in [0.2, 0.25) is 0 Å². The Hall–Kier alpha value is -5.12. The number of esters is 2. The highest BCUT2D eigenvalue weighted by atomic mass is 16.6. The van der Waals surface area contributed by atoms with Gasteiger partial charge in [-0.25, -0.2) is 9.59 Å². The minimum Gasteiger partial charge on any atom is -0.467 e. The molecule has 0 bridgehead atoms. The van der Waals surface area contributed by atoms with Crippen molar-refractivity contribution in [2.24, 2.45) is 0 Å². The molecule has 194 valence electrons. The number of carbonyl (C=O) groups excluding carboxylic acids is 4. The summed E-state index contributed by atoms with van der Waals surface area (Å²) in [7, 11) is 0. The first-order chi connectivity index (χ1) is 18.5. The Morgan fingerprint density at radius 1 is 0.579 bits per heavy atom. The fourth-order valence-electron chi connectivity index (χ4n) is 3.40. The molecule has 2 heterocycles. The van der Waals surface area contributed by atoms with E-state index in [0.29, 0.717) is 11.5 Å². The van der Waals surface area contributed by atoms with Crippen LogP contribution in [0.15, 0.2) is 106 Å². The van der Waals surface area contributed by atoms with Gasteiger partial charge in [-0.05, 0) is 48.5 Å². The molecule has 2 N–H and O–H groups in total. The zero-order valence-electron chi connectivity index (χ0n) is 20.1. The number of rotatable bonds is 11. The summed E-state index contributed by atoms with van der Waals surface area (Å²) in [5.74, 6) is -2.67. The van der Waals surface area contributed by atoms with Gasteiger partial charge in [0, 0.05) is 0 Å². The molecule has 0 saturated carbocycles. The van der Waals surface area contributed by atoms with E-state index in [1.54, 1.807) is 60.7 Å². The number of nitrogens with one attached hydrogen (secondary N) is 2. The van der Waals surface area contributed by atoms with Crippen LogP contribution in [0.25, 0.3) is 0 Å². The molecule has 10 heteroatoms. The number of benzene rings is 2. The number of ether oxygens (including phenoxy) is 2. The van der Waals surface area contributed by atoms with E-state index in [1.165, 1.54) is 36.8 Å². The van der Waals surface area contributed by atoms with Gasteiger partial charge in [-0.2, -0.15) is 0 Å². The van der Waals surface area contributed by atoms with Crippen LogP contribution in [0.5, 0.6) is 0 Å². The summed E-state index contributed by atoms with van der Waals surface area (Å²) < 4.78 is 21.4. The van der Waals surface area contributed by atoms with Gasteiger partial charge in [0.1, 0.15) is 11.5 Å². The fourth-order valence-corrected chi connectivity index (χ4v) is 3.40. The highest BCUT2D eigenvalue weighted by Crippen LogP contribution is 2.15. The van der Waals surface area contributed by atoms with Crippen LogP contribution in [0.4, 0.5) is 0 Å². The van der Waals surface area contributed by atoms with E-state index in [2.05, 4.69) is 10.6 Å². The molecule has 4 rings (SSSR count). The Morgan fingerprint density at radius 2 is 0.974 bits per heavy atom. The van der Waals surface area contributed by atoms with Gasteiger partial charge in [-0.3, -0.25) is 9.59 Å². The molecule has 0 fully saturated rings. The number of carbonyl (C=O) groups is 4. The first kappa shape index (κ1) is 26.0. The zero-order valence-corrected chi connectivity index (χ0v) is 20.1. The van der Waals surface area contributed by atoms with Gasteiger partial charge in [-0.15, -0.1) is 0 Å². The van der Waals surface area contributed by atoms with Crippen molar-refractivity contribution in [1.29, 1.82) is 0 Å². The summed E-state index contributed by atoms with van der Waals surface area (Å²) >= 11 is 0. The standard InChI is InChI=1S/C28H24N2O8/c31-25(29-17-21-13-7-15-35-21)23(37-27(33)19-9-3-1-4-10-19)24(26(32)30-18-22-14-8-16-36-22)38-28(34)20-11-5-2-6-12-20/h1-16,23-24H,17-18H2,(H,29,31)(H,30,32)/t23-,24-/m1/s1. The largest absolute Gasteiger partial charge is 0.467 e. The van der Waals surface area contributed by atoms with Crippen LogP contribution in [-0.2, 0) is 32.2 Å². The van der Waals surface area contributed by atoms with Gasteiger partial charge in [-0.1, -0.05) is 36.4 Å². The van der Waals surface area contributed by atoms with Crippen LogP contribution in [0, 0.1) is 0 Å². The first-order valence-electron chi connectivity index (χ1n) is 11.6. The molecular weight excluding hydrogens is 492 g/mol. The van der Waals surface area contributed by atoms with Gasteiger partial charge in [0.2, 0.25) is 12.2 Å². The summed E-state index contributed by atoms with van der Waals surface area (Å²) in [6.07, 6.45) is -0.800. The molecule has 2 aromatic carbocycles. The van der Waals surface area contributed by atoms with Crippen molar-refractivity contribution in [3.8, 4) is 0 Å². The van der Waals surface area contributed by atoms with E-state index < -0.39 is 36.0 Å². The predicted molar refractivity (Wildman–Crippen MR) is 132 cm³/mol. The molecule has 0 unspecified atom stereocenters. The van der Waals surface area contributed by atoms with Gasteiger partial charge >= 0.3 is 11.9 Å². The third-order valence-corrected chi connectivity index (χ3v) is 5.31. The Balaban J connectivity index is 1.61. The van der Waals surface area contributed by atoms with Crippen LogP contribution in [0.1, 0.15) is 32.2 Å². The summed E-state index contributed by atoms with van der Waals surface area (Å²) in [5.41, 5.74) is 0.279. The second-order valence-electron chi connectivity index (χ2n) is 7.98. The molecule has 0 radical (unpaired) electrons. The van der Waals surface area contributed by atoms with Gasteiger partial charge in [0.05, 0.1) is 36.7 Å². The Kier molecular flexibility index (Phi) is 8.69. The highest BCUT2D eigenvalue weighted by molar-refractivity contribution is 5.98. The van der Waals surface area contributed by atoms with Crippen molar-refractivity contribution in [1.82, 2.24) is 10.6 Å². The lowest BCUT2D eigenvalue weighted by Gasteiger charge is -2.25. The lowest BCUT2D eigenvalue weighted by Crippen LogP contribution is -2.53. The van der Waals surface area contributed by atoms with Crippen molar-refractivity contribution in [2.75, 3.05) is 0 Å². The predicted octanol–water partition coefficient (Wildman–Crippen LogP) is 3.26. The van der Waals surface area contributed by atoms with Crippen LogP contribution in [-0.4, -0.2) is 36.0 Å². The molecule has 38 heavy (non-hydrogen) atoms. The number of hydrogen-bond acceptors (Lipinski definition) is 8. The average molecular weight is 517 g/mol. The lowest BCUT2D eigenvalue weighted by atomic mass is 10.1. The maximum atomic E-state index is 13.3. The smallest absolute Gasteiger partial charge is 0.339 e. The number of hydrogen-bond donors (Lipinski definition) is 2. The Labute approximate surface area is 217 Å². The van der Waals surface area contributed by atoms with Crippen molar-refractivity contribution in [2.45, 2.75) is 25.3 Å². The molecule has 4 aromatic rings. The van der Waals surface area contributed by atoms with E-state index >= 15 is 0 Å². The maximum absolute atomic E-state index is 13.3. The molecule has 2 atom stereocenters. The van der Waals surface area contributed by atoms with Gasteiger partial charge < -0.3 is 28.9 Å². The van der Waals surface area contributed by atoms with Gasteiger partial charge in [0.15, 0.2) is 0 Å². The summed E-state index contributed by atoms with van der Waals surface area (Å²) in [6.45, 7) is -0.114. The number of amides is 2. The summed E-state index contributed by atoms with van der Waals surface area (Å²) in [6, 6.07) is 22.4. The van der Waals surface area contributed by atoms with E-state index in [1.807, 2.05) is 0 Å². The van der Waals surface area contributed by atoms with E-state index in [9.17, 15) is 19.2 Å². The molecule has 0 aliphatic rings. The zero-order chi connectivity index (χ0) is 26.7. The minimum atomic E-state index is -1.83. The molecule has 2 aromatic heterocycles. The third kappa shape index (κ3) is 6.97. The molecule has 0 saturated heterocycles. The van der Waals surface area contributed by atoms with E-state index in [4.69, 9.17) is 18.3 Å². The monoisotopic (exact) mass is 516 g/mol. The van der Waals surface area contributed by atoms with Crippen molar-refractivity contribution < 1.29 is 37.5 Å². The molecule has 0 aliphatic heterocycles. The van der Waals surface area contributed by atoms with Crippen LogP contribution >= 0.6 is 0 Å². The van der Waals surface area contributed by atoms with Crippen LogP contribution in [0.3, 0.4) is 0 Å². The average Bonchev–Trinajstić information content (AvgIpc) is 3.68. The quantitative estimate of drug-likeness (QED) is 0.290. The van der Waals surface area contributed by atoms with E-state index in [0.717, 1.165) is 0 Å². The SMILES string of the molecule is O=C(O[C@@H](C(=O)NCc1ccco1)[C@@H](OC(=O)c1ccccc1)C(=O)NCc1ccco1)c1ccccc1.